The number of rotatable bonds is 9. The molecule has 0 atom stereocenters. The molecule has 5 heterocycles. The summed E-state index contributed by atoms with van der Waals surface area (Å²) in [7, 11) is 3.83. The Morgan fingerprint density at radius 3 is 1.51 bits per heavy atom. The number of aliphatic hydroxyl groups is 1. The maximum absolute atomic E-state index is 11.0. The zero-order valence-electron chi connectivity index (χ0n) is 34.4. The molecule has 5 aromatic rings. The molecule has 0 spiro atoms. The number of carbonyl (C=O) groups excluding carboxylic acids is 4. The predicted molar refractivity (Wildman–Crippen MR) is 206 cm³/mol. The average molecular weight is 800 g/mol. The highest BCUT2D eigenvalue weighted by atomic mass is 16.7. The highest BCUT2D eigenvalue weighted by Crippen LogP contribution is 2.24. The minimum Gasteiger partial charge on any atom is -0.467 e. The zero-order chi connectivity index (χ0) is 43.5. The van der Waals surface area contributed by atoms with Gasteiger partial charge in [0.1, 0.15) is 17.3 Å². The molecule has 0 amide bonds. The van der Waals surface area contributed by atoms with Crippen LogP contribution in [0, 0.1) is 10.1 Å². The number of hydrogen-bond donors (Lipinski definition) is 1. The fourth-order valence-corrected chi connectivity index (χ4v) is 3.95. The largest absolute Gasteiger partial charge is 0.467 e. The molecule has 312 valence electrons. The third-order valence-corrected chi connectivity index (χ3v) is 7.60. The lowest BCUT2D eigenvalue weighted by atomic mass is 9.89. The van der Waals surface area contributed by atoms with E-state index in [1.54, 1.807) is 43.3 Å². The van der Waals surface area contributed by atoms with Crippen molar-refractivity contribution in [2.45, 2.75) is 92.1 Å². The Kier molecular flexibility index (Phi) is 20.3. The Bertz CT molecular complexity index is 1970. The lowest BCUT2D eigenvalue weighted by Gasteiger charge is -2.14. The van der Waals surface area contributed by atoms with Crippen LogP contribution in [-0.4, -0.2) is 55.6 Å². The molecule has 0 unspecified atom stereocenters. The zero-order valence-corrected chi connectivity index (χ0v) is 34.4. The first kappa shape index (κ1) is 48.9. The standard InChI is InChI=1S/C10H14O3.C9H12O3.C8H12O2.C8H10O2.C6H5NO5/c1-10(2,3)7-5-8(13-6-7)9(11)12-4;1-6(2)7-4-8(12-5-7)9(10)11-3;2*1-6(2)7-3-8(4-9)10-5-7;1-11-6(8)4-2-3-5(12-4)7(9)10/h5-6H,1-4H3;4-6H,1-3H3;3,5-6,9H,4H2,1-2H3;3-6H,1-2H3;2-3H,1H3. The van der Waals surface area contributed by atoms with E-state index in [0.717, 1.165) is 35.4 Å². The smallest absolute Gasteiger partial charge is 0.433 e. The van der Waals surface area contributed by atoms with Crippen molar-refractivity contribution in [1.29, 1.82) is 0 Å². The maximum Gasteiger partial charge on any atom is 0.433 e. The molecule has 0 bridgehead atoms. The molecular weight excluding hydrogens is 746 g/mol. The van der Waals surface area contributed by atoms with Gasteiger partial charge in [-0.1, -0.05) is 62.3 Å². The second kappa shape index (κ2) is 23.7. The first-order valence-corrected chi connectivity index (χ1v) is 17.6. The van der Waals surface area contributed by atoms with Crippen LogP contribution in [0.2, 0.25) is 0 Å². The van der Waals surface area contributed by atoms with E-state index in [1.165, 1.54) is 20.3 Å². The number of nitro groups is 1. The molecule has 0 radical (unpaired) electrons. The van der Waals surface area contributed by atoms with Crippen molar-refractivity contribution >= 4 is 30.1 Å². The number of aliphatic hydroxyl groups excluding tert-OH is 1. The lowest BCUT2D eigenvalue weighted by Crippen LogP contribution is -2.09. The van der Waals surface area contributed by atoms with Gasteiger partial charge in [0.15, 0.2) is 12.0 Å². The summed E-state index contributed by atoms with van der Waals surface area (Å²) in [5.41, 5.74) is 4.21. The van der Waals surface area contributed by atoms with E-state index in [4.69, 9.17) is 22.8 Å². The molecule has 0 fully saturated rings. The third kappa shape index (κ3) is 16.6. The summed E-state index contributed by atoms with van der Waals surface area (Å²) in [6.45, 7) is 18.5. The van der Waals surface area contributed by atoms with Crippen LogP contribution < -0.4 is 0 Å². The Morgan fingerprint density at radius 1 is 0.702 bits per heavy atom. The number of hydrogen-bond acceptors (Lipinski definition) is 15. The topological polar surface area (TPSA) is 225 Å². The van der Waals surface area contributed by atoms with E-state index >= 15 is 0 Å². The van der Waals surface area contributed by atoms with Crippen LogP contribution in [-0.2, 0) is 26.2 Å². The first-order chi connectivity index (χ1) is 26.7. The molecule has 5 aromatic heterocycles. The number of furan rings is 5. The Morgan fingerprint density at radius 2 is 1.16 bits per heavy atom. The lowest BCUT2D eigenvalue weighted by molar-refractivity contribution is -0.402. The number of carbonyl (C=O) groups is 4. The van der Waals surface area contributed by atoms with Gasteiger partial charge in [-0.25, -0.2) is 14.4 Å². The molecule has 0 aliphatic rings. The first-order valence-electron chi connectivity index (χ1n) is 17.6. The van der Waals surface area contributed by atoms with Gasteiger partial charge < -0.3 is 41.4 Å². The number of methoxy groups -OCH3 is 3. The quantitative estimate of drug-likeness (QED) is 0.0481. The monoisotopic (exact) mass is 799 g/mol. The van der Waals surface area contributed by atoms with E-state index in [1.807, 2.05) is 19.9 Å². The molecule has 1 N–H and O–H groups in total. The number of aldehydes is 1. The fourth-order valence-electron chi connectivity index (χ4n) is 3.95. The normalized spacial score (nSPS) is 10.5. The van der Waals surface area contributed by atoms with Gasteiger partial charge in [-0.15, -0.1) is 0 Å². The summed E-state index contributed by atoms with van der Waals surface area (Å²) in [4.78, 5) is 52.2. The van der Waals surface area contributed by atoms with Crippen molar-refractivity contribution in [2.75, 3.05) is 21.3 Å². The summed E-state index contributed by atoms with van der Waals surface area (Å²) in [6, 6.07) is 9.33. The summed E-state index contributed by atoms with van der Waals surface area (Å²) in [5.74, 6) is 0.592. The molecule has 0 aromatic carbocycles. The molecule has 57 heavy (non-hydrogen) atoms. The van der Waals surface area contributed by atoms with Gasteiger partial charge >= 0.3 is 23.8 Å². The van der Waals surface area contributed by atoms with Gasteiger partial charge in [0.05, 0.1) is 52.4 Å². The number of nitrogens with zero attached hydrogens (tertiary/aromatic N) is 1. The van der Waals surface area contributed by atoms with Crippen molar-refractivity contribution in [1.82, 2.24) is 0 Å². The van der Waals surface area contributed by atoms with Gasteiger partial charge in [-0.05, 0) is 75.8 Å². The molecule has 5 rings (SSSR count). The fraction of sp³-hybridized carbons (Fsp3) is 0.415. The summed E-state index contributed by atoms with van der Waals surface area (Å²) < 4.78 is 37.8. The number of esters is 3. The highest BCUT2D eigenvalue weighted by molar-refractivity contribution is 5.87. The van der Waals surface area contributed by atoms with E-state index < -0.39 is 28.7 Å². The summed E-state index contributed by atoms with van der Waals surface area (Å²) in [6.07, 6.45) is 7.19. The molecule has 0 saturated carbocycles. The SMILES string of the molecule is CC(C)c1coc(C=O)c1.CC(C)c1coc(CO)c1.COC(=O)c1cc(C(C)(C)C)co1.COC(=O)c1cc(C(C)C)co1.COC(=O)c1ccc([N+](=O)[O-])o1. The molecule has 16 nitrogen and oxygen atoms in total. The van der Waals surface area contributed by atoms with Crippen LogP contribution in [0.15, 0.2) is 83.5 Å². The van der Waals surface area contributed by atoms with E-state index in [0.29, 0.717) is 35.6 Å². The summed E-state index contributed by atoms with van der Waals surface area (Å²) in [5, 5.41) is 18.7. The molecular formula is C41H53NO15. The van der Waals surface area contributed by atoms with E-state index in [2.05, 4.69) is 67.1 Å². The Labute approximate surface area is 331 Å². The van der Waals surface area contributed by atoms with Crippen molar-refractivity contribution in [2.24, 2.45) is 0 Å². The number of ether oxygens (including phenoxy) is 3. The van der Waals surface area contributed by atoms with Gasteiger partial charge in [-0.2, -0.15) is 0 Å². The van der Waals surface area contributed by atoms with Gasteiger partial charge in [0.25, 0.3) is 0 Å². The highest BCUT2D eigenvalue weighted by Gasteiger charge is 2.20. The molecule has 0 aliphatic heterocycles. The van der Waals surface area contributed by atoms with Crippen molar-refractivity contribution < 1.29 is 65.5 Å². The van der Waals surface area contributed by atoms with Crippen LogP contribution in [0.1, 0.15) is 150 Å². The molecule has 0 aliphatic carbocycles. The predicted octanol–water partition coefficient (Wildman–Crippen LogP) is 9.64. The maximum atomic E-state index is 11.0. The van der Waals surface area contributed by atoms with E-state index in [9.17, 15) is 29.3 Å². The van der Waals surface area contributed by atoms with Gasteiger partial charge in [-0.3, -0.25) is 14.9 Å². The van der Waals surface area contributed by atoms with Crippen LogP contribution in [0.5, 0.6) is 0 Å². The molecule has 16 heteroatoms. The Balaban J connectivity index is 0.000000357. The van der Waals surface area contributed by atoms with Crippen LogP contribution >= 0.6 is 0 Å². The minimum atomic E-state index is -0.733. The Hall–Kier alpha value is -6.16. The molecule has 0 saturated heterocycles. The minimum absolute atomic E-state index is 0.00420. The average Bonchev–Trinajstić information content (AvgIpc) is 4.03. The van der Waals surface area contributed by atoms with Gasteiger partial charge in [0.2, 0.25) is 17.3 Å². The van der Waals surface area contributed by atoms with E-state index in [-0.39, 0.29) is 29.3 Å². The van der Waals surface area contributed by atoms with Crippen molar-refractivity contribution in [3.05, 3.63) is 123 Å². The van der Waals surface area contributed by atoms with Crippen LogP contribution in [0.4, 0.5) is 5.88 Å². The second-order valence-electron chi connectivity index (χ2n) is 13.9. The van der Waals surface area contributed by atoms with Gasteiger partial charge in [0, 0.05) is 0 Å². The third-order valence-electron chi connectivity index (χ3n) is 7.60. The second-order valence-corrected chi connectivity index (χ2v) is 13.9. The van der Waals surface area contributed by atoms with Crippen LogP contribution in [0.3, 0.4) is 0 Å². The summed E-state index contributed by atoms with van der Waals surface area (Å²) >= 11 is 0. The van der Waals surface area contributed by atoms with Crippen LogP contribution in [0.25, 0.3) is 0 Å². The van der Waals surface area contributed by atoms with Crippen molar-refractivity contribution in [3.8, 4) is 0 Å². The van der Waals surface area contributed by atoms with Crippen molar-refractivity contribution in [3.63, 3.8) is 0 Å².